The zero-order valence-electron chi connectivity index (χ0n) is 7.98. The molecule has 5 nitrogen and oxygen atoms in total. The third-order valence-corrected chi connectivity index (χ3v) is 1.46. The van der Waals surface area contributed by atoms with E-state index >= 15 is 0 Å². The predicted molar refractivity (Wildman–Crippen MR) is 46.0 cm³/mol. The maximum atomic E-state index is 11.0. The van der Waals surface area contributed by atoms with Gasteiger partial charge in [0, 0.05) is 5.92 Å². The van der Waals surface area contributed by atoms with Gasteiger partial charge in [0.05, 0.1) is 0 Å². The SMILES string of the molecule is CC(C)[C@H](OC(=O)[C@@H](C)N)C(=O)O. The summed E-state index contributed by atoms with van der Waals surface area (Å²) in [6.07, 6.45) is -1.11. The zero-order valence-corrected chi connectivity index (χ0v) is 7.98. The minimum atomic E-state index is -1.15. The van der Waals surface area contributed by atoms with E-state index in [1.807, 2.05) is 0 Å². The van der Waals surface area contributed by atoms with Crippen molar-refractivity contribution in [3.05, 3.63) is 0 Å². The Bertz CT molecular complexity index is 200. The van der Waals surface area contributed by atoms with Crippen LogP contribution in [0.25, 0.3) is 0 Å². The summed E-state index contributed by atoms with van der Waals surface area (Å²) in [5.41, 5.74) is 5.22. The lowest BCUT2D eigenvalue weighted by molar-refractivity contribution is -0.167. The van der Waals surface area contributed by atoms with Gasteiger partial charge in [0.2, 0.25) is 6.10 Å². The van der Waals surface area contributed by atoms with Crippen LogP contribution < -0.4 is 5.73 Å². The lowest BCUT2D eigenvalue weighted by Crippen LogP contribution is -2.38. The van der Waals surface area contributed by atoms with Crippen LogP contribution in [0.1, 0.15) is 20.8 Å². The summed E-state index contributed by atoms with van der Waals surface area (Å²) in [4.78, 5) is 21.5. The molecule has 0 unspecified atom stereocenters. The third-order valence-electron chi connectivity index (χ3n) is 1.46. The number of carbonyl (C=O) groups excluding carboxylic acids is 1. The van der Waals surface area contributed by atoms with Crippen LogP contribution in [0.15, 0.2) is 0 Å². The molecule has 0 aliphatic rings. The predicted octanol–water partition coefficient (Wildman–Crippen LogP) is -0.0140. The number of aliphatic carboxylic acids is 1. The van der Waals surface area contributed by atoms with E-state index in [1.54, 1.807) is 13.8 Å². The molecule has 5 heteroatoms. The van der Waals surface area contributed by atoms with E-state index in [-0.39, 0.29) is 5.92 Å². The Balaban J connectivity index is 4.27. The minimum Gasteiger partial charge on any atom is -0.478 e. The molecule has 0 spiro atoms. The van der Waals surface area contributed by atoms with Gasteiger partial charge in [-0.2, -0.15) is 0 Å². The molecule has 0 saturated carbocycles. The number of ether oxygens (including phenoxy) is 1. The van der Waals surface area contributed by atoms with Crippen LogP contribution in [0.4, 0.5) is 0 Å². The summed E-state index contributed by atoms with van der Waals surface area (Å²) in [6.45, 7) is 4.77. The molecule has 0 rings (SSSR count). The molecule has 0 amide bonds. The number of esters is 1. The van der Waals surface area contributed by atoms with E-state index < -0.39 is 24.1 Å². The fourth-order valence-corrected chi connectivity index (χ4v) is 0.704. The van der Waals surface area contributed by atoms with Gasteiger partial charge in [0.1, 0.15) is 6.04 Å². The van der Waals surface area contributed by atoms with E-state index in [1.165, 1.54) is 6.92 Å². The fraction of sp³-hybridized carbons (Fsp3) is 0.750. The van der Waals surface area contributed by atoms with E-state index in [2.05, 4.69) is 4.74 Å². The smallest absolute Gasteiger partial charge is 0.345 e. The lowest BCUT2D eigenvalue weighted by atomic mass is 10.1. The van der Waals surface area contributed by atoms with Gasteiger partial charge in [-0.3, -0.25) is 4.79 Å². The molecule has 0 fully saturated rings. The highest BCUT2D eigenvalue weighted by Crippen LogP contribution is 2.07. The van der Waals surface area contributed by atoms with Gasteiger partial charge in [-0.15, -0.1) is 0 Å². The average Bonchev–Trinajstić information content (AvgIpc) is 1.97. The number of hydrogen-bond acceptors (Lipinski definition) is 4. The summed E-state index contributed by atoms with van der Waals surface area (Å²) in [5, 5.41) is 8.66. The molecule has 0 aromatic carbocycles. The molecule has 0 aliphatic carbocycles. The second-order valence-corrected chi connectivity index (χ2v) is 3.23. The Labute approximate surface area is 76.9 Å². The van der Waals surface area contributed by atoms with Gasteiger partial charge in [0.15, 0.2) is 0 Å². The van der Waals surface area contributed by atoms with Crippen molar-refractivity contribution in [1.82, 2.24) is 0 Å². The molecular weight excluding hydrogens is 174 g/mol. The Kier molecular flexibility index (Phi) is 4.40. The molecule has 2 atom stereocenters. The highest BCUT2D eigenvalue weighted by molar-refractivity contribution is 5.80. The molecule has 0 aromatic rings. The second-order valence-electron chi connectivity index (χ2n) is 3.23. The van der Waals surface area contributed by atoms with Crippen molar-refractivity contribution in [3.63, 3.8) is 0 Å². The van der Waals surface area contributed by atoms with Crippen LogP contribution in [-0.2, 0) is 14.3 Å². The molecule has 13 heavy (non-hydrogen) atoms. The average molecular weight is 189 g/mol. The summed E-state index contributed by atoms with van der Waals surface area (Å²) in [6, 6.07) is -0.791. The Morgan fingerprint density at radius 2 is 1.77 bits per heavy atom. The van der Waals surface area contributed by atoms with Gasteiger partial charge in [0.25, 0.3) is 0 Å². The molecule has 76 valence electrons. The fourth-order valence-electron chi connectivity index (χ4n) is 0.704. The standard InChI is InChI=1S/C8H15NO4/c1-4(2)6(7(10)11)13-8(12)5(3)9/h4-6H,9H2,1-3H3,(H,10,11)/t5-,6+/m1/s1. The van der Waals surface area contributed by atoms with E-state index in [9.17, 15) is 9.59 Å². The number of nitrogens with two attached hydrogens (primary N) is 1. The summed E-state index contributed by atoms with van der Waals surface area (Å²) >= 11 is 0. The highest BCUT2D eigenvalue weighted by atomic mass is 16.6. The van der Waals surface area contributed by atoms with E-state index in [4.69, 9.17) is 10.8 Å². The normalized spacial score (nSPS) is 15.2. The topological polar surface area (TPSA) is 89.6 Å². The molecule has 0 bridgehead atoms. The first-order valence-corrected chi connectivity index (χ1v) is 4.05. The van der Waals surface area contributed by atoms with Crippen LogP contribution >= 0.6 is 0 Å². The van der Waals surface area contributed by atoms with Crippen LogP contribution in [0.2, 0.25) is 0 Å². The van der Waals surface area contributed by atoms with Gasteiger partial charge < -0.3 is 15.6 Å². The van der Waals surface area contributed by atoms with Crippen LogP contribution in [0.3, 0.4) is 0 Å². The quantitative estimate of drug-likeness (QED) is 0.607. The lowest BCUT2D eigenvalue weighted by Gasteiger charge is -2.17. The van der Waals surface area contributed by atoms with Gasteiger partial charge in [-0.05, 0) is 6.92 Å². The molecule has 3 N–H and O–H groups in total. The second kappa shape index (κ2) is 4.81. The van der Waals surface area contributed by atoms with Crippen molar-refractivity contribution < 1.29 is 19.4 Å². The monoisotopic (exact) mass is 189 g/mol. The van der Waals surface area contributed by atoms with Crippen LogP contribution in [0, 0.1) is 5.92 Å². The van der Waals surface area contributed by atoms with Crippen molar-refractivity contribution in [2.45, 2.75) is 32.9 Å². The van der Waals surface area contributed by atoms with Crippen molar-refractivity contribution in [3.8, 4) is 0 Å². The number of carboxylic acids is 1. The Hall–Kier alpha value is -1.10. The third kappa shape index (κ3) is 3.89. The molecular formula is C8H15NO4. The van der Waals surface area contributed by atoms with Crippen LogP contribution in [0.5, 0.6) is 0 Å². The first kappa shape index (κ1) is 11.9. The summed E-state index contributed by atoms with van der Waals surface area (Å²) < 4.78 is 4.67. The molecule has 0 aliphatic heterocycles. The van der Waals surface area contributed by atoms with E-state index in [0.29, 0.717) is 0 Å². The number of hydrogen-bond donors (Lipinski definition) is 2. The zero-order chi connectivity index (χ0) is 10.6. The number of carbonyl (C=O) groups is 2. The number of rotatable bonds is 4. The van der Waals surface area contributed by atoms with Crippen molar-refractivity contribution in [1.29, 1.82) is 0 Å². The summed E-state index contributed by atoms with van der Waals surface area (Å²) in [7, 11) is 0. The van der Waals surface area contributed by atoms with Gasteiger partial charge in [-0.1, -0.05) is 13.8 Å². The Morgan fingerprint density at radius 3 is 2.00 bits per heavy atom. The van der Waals surface area contributed by atoms with Crippen molar-refractivity contribution in [2.24, 2.45) is 11.7 Å². The Morgan fingerprint density at radius 1 is 1.31 bits per heavy atom. The minimum absolute atomic E-state index is 0.264. The van der Waals surface area contributed by atoms with E-state index in [0.717, 1.165) is 0 Å². The molecule has 0 saturated heterocycles. The maximum absolute atomic E-state index is 11.0. The molecule has 0 heterocycles. The van der Waals surface area contributed by atoms with Gasteiger partial charge in [-0.25, -0.2) is 4.79 Å². The van der Waals surface area contributed by atoms with Gasteiger partial charge >= 0.3 is 11.9 Å². The number of carboxylic acid groups (broad SMARTS) is 1. The first-order chi connectivity index (χ1) is 5.86. The largest absolute Gasteiger partial charge is 0.478 e. The first-order valence-electron chi connectivity index (χ1n) is 4.05. The van der Waals surface area contributed by atoms with Crippen molar-refractivity contribution >= 4 is 11.9 Å². The highest BCUT2D eigenvalue weighted by Gasteiger charge is 2.26. The summed E-state index contributed by atoms with van der Waals surface area (Å²) in [5.74, 6) is -2.11. The van der Waals surface area contributed by atoms with Crippen LogP contribution in [-0.4, -0.2) is 29.2 Å². The molecule has 0 radical (unpaired) electrons. The maximum Gasteiger partial charge on any atom is 0.345 e. The molecule has 0 aromatic heterocycles. The van der Waals surface area contributed by atoms with Crippen molar-refractivity contribution in [2.75, 3.05) is 0 Å².